The van der Waals surface area contributed by atoms with E-state index in [1.165, 1.54) is 5.56 Å². The molecule has 2 aromatic heterocycles. The van der Waals surface area contributed by atoms with Crippen molar-refractivity contribution < 1.29 is 5.11 Å². The summed E-state index contributed by atoms with van der Waals surface area (Å²) in [5.41, 5.74) is 8.13. The zero-order chi connectivity index (χ0) is 16.4. The monoisotopic (exact) mass is 315 g/mol. The van der Waals surface area contributed by atoms with Gasteiger partial charge in [0.05, 0.1) is 6.20 Å². The highest BCUT2D eigenvalue weighted by Gasteiger charge is 2.34. The van der Waals surface area contributed by atoms with Crippen LogP contribution in [0.4, 0.5) is 5.82 Å². The average molecular weight is 315 g/mol. The number of likely N-dealkylation sites (tertiary alicyclic amines) is 1. The van der Waals surface area contributed by atoms with Gasteiger partial charge < -0.3 is 10.8 Å². The van der Waals surface area contributed by atoms with Crippen molar-refractivity contribution >= 4 is 5.82 Å². The molecule has 1 fully saturated rings. The summed E-state index contributed by atoms with van der Waals surface area (Å²) < 4.78 is 1.98. The summed E-state index contributed by atoms with van der Waals surface area (Å²) in [7, 11) is 0. The van der Waals surface area contributed by atoms with Crippen molar-refractivity contribution in [3.63, 3.8) is 0 Å². The van der Waals surface area contributed by atoms with E-state index in [2.05, 4.69) is 35.0 Å². The number of rotatable bonds is 5. The van der Waals surface area contributed by atoms with Gasteiger partial charge in [0.2, 0.25) is 0 Å². The minimum Gasteiger partial charge on any atom is -0.396 e. The van der Waals surface area contributed by atoms with Crippen LogP contribution in [0.2, 0.25) is 0 Å². The molecule has 2 aromatic rings. The van der Waals surface area contributed by atoms with Gasteiger partial charge in [-0.2, -0.15) is 5.10 Å². The van der Waals surface area contributed by atoms with Crippen molar-refractivity contribution in [1.29, 1.82) is 0 Å². The molecule has 6 nitrogen and oxygen atoms in total. The number of aliphatic hydroxyl groups excluding tert-OH is 1. The third-order valence-electron chi connectivity index (χ3n) is 4.58. The van der Waals surface area contributed by atoms with E-state index in [1.807, 2.05) is 23.0 Å². The van der Waals surface area contributed by atoms with Gasteiger partial charge in [-0.25, -0.2) is 4.98 Å². The van der Waals surface area contributed by atoms with Gasteiger partial charge in [-0.15, -0.1) is 0 Å². The highest BCUT2D eigenvalue weighted by molar-refractivity contribution is 5.31. The molecule has 23 heavy (non-hydrogen) atoms. The molecule has 3 N–H and O–H groups in total. The Labute approximate surface area is 136 Å². The predicted molar refractivity (Wildman–Crippen MR) is 89.9 cm³/mol. The van der Waals surface area contributed by atoms with E-state index >= 15 is 0 Å². The van der Waals surface area contributed by atoms with Crippen molar-refractivity contribution in [1.82, 2.24) is 19.7 Å². The molecule has 0 amide bonds. The van der Waals surface area contributed by atoms with E-state index in [4.69, 9.17) is 5.73 Å². The molecule has 2 atom stereocenters. The zero-order valence-corrected chi connectivity index (χ0v) is 13.8. The summed E-state index contributed by atoms with van der Waals surface area (Å²) >= 11 is 0. The molecule has 0 spiro atoms. The molecular formula is C17H25N5O. The second-order valence-electron chi connectivity index (χ2n) is 6.68. The van der Waals surface area contributed by atoms with Gasteiger partial charge in [0.1, 0.15) is 5.82 Å². The van der Waals surface area contributed by atoms with Gasteiger partial charge in [-0.1, -0.05) is 0 Å². The van der Waals surface area contributed by atoms with Crippen LogP contribution in [0.25, 0.3) is 0 Å². The molecule has 1 aliphatic rings. The molecule has 6 heteroatoms. The maximum atomic E-state index is 9.76. The zero-order valence-electron chi connectivity index (χ0n) is 13.8. The summed E-state index contributed by atoms with van der Waals surface area (Å²) in [6, 6.07) is 4.26. The Bertz CT molecular complexity index is 654. The molecule has 1 aliphatic heterocycles. The van der Waals surface area contributed by atoms with Crippen molar-refractivity contribution in [2.45, 2.75) is 32.4 Å². The Balaban J connectivity index is 1.72. The third kappa shape index (κ3) is 3.54. The molecule has 0 saturated carbocycles. The topological polar surface area (TPSA) is 80.2 Å². The quantitative estimate of drug-likeness (QED) is 0.877. The first-order valence-corrected chi connectivity index (χ1v) is 8.14. The normalized spacial score (nSPS) is 22.1. The molecule has 124 valence electrons. The molecule has 0 unspecified atom stereocenters. The summed E-state index contributed by atoms with van der Waals surface area (Å²) in [6.45, 7) is 7.09. The minimum atomic E-state index is 0.201. The second-order valence-corrected chi connectivity index (χ2v) is 6.68. The number of hydrogen-bond donors (Lipinski definition) is 2. The van der Waals surface area contributed by atoms with Crippen LogP contribution in [-0.2, 0) is 6.54 Å². The molecule has 3 heterocycles. The molecule has 1 saturated heterocycles. The van der Waals surface area contributed by atoms with Crippen LogP contribution < -0.4 is 5.73 Å². The Morgan fingerprint density at radius 3 is 2.87 bits per heavy atom. The summed E-state index contributed by atoms with van der Waals surface area (Å²) in [6.07, 6.45) is 5.81. The Morgan fingerprint density at radius 1 is 1.39 bits per heavy atom. The third-order valence-corrected chi connectivity index (χ3v) is 4.58. The van der Waals surface area contributed by atoms with Crippen LogP contribution in [0.1, 0.15) is 36.9 Å². The summed E-state index contributed by atoms with van der Waals surface area (Å²) in [4.78, 5) is 6.40. The van der Waals surface area contributed by atoms with Gasteiger partial charge >= 0.3 is 0 Å². The molecule has 0 radical (unpaired) electrons. The first-order chi connectivity index (χ1) is 11.1. The van der Waals surface area contributed by atoms with Gasteiger partial charge in [-0.3, -0.25) is 9.58 Å². The number of nitrogens with zero attached hydrogens (tertiary/aromatic N) is 4. The van der Waals surface area contributed by atoms with Gasteiger partial charge in [0.25, 0.3) is 0 Å². The lowest BCUT2D eigenvalue weighted by Crippen LogP contribution is -2.21. The molecule has 0 bridgehead atoms. The number of anilines is 1. The Morgan fingerprint density at radius 2 is 2.22 bits per heavy atom. The highest BCUT2D eigenvalue weighted by Crippen LogP contribution is 2.33. The maximum absolute atomic E-state index is 9.76. The lowest BCUT2D eigenvalue weighted by atomic mass is 9.92. The summed E-state index contributed by atoms with van der Waals surface area (Å²) in [5.74, 6) is 1.13. The number of nitrogen functional groups attached to an aromatic ring is 1. The Kier molecular flexibility index (Phi) is 4.63. The number of nitrogens with two attached hydrogens (primary N) is 1. The molecule has 0 aliphatic carbocycles. The largest absolute Gasteiger partial charge is 0.396 e. The van der Waals surface area contributed by atoms with Crippen LogP contribution in [0.15, 0.2) is 30.7 Å². The number of hydrogen-bond acceptors (Lipinski definition) is 5. The fourth-order valence-corrected chi connectivity index (χ4v) is 3.33. The average Bonchev–Trinajstić information content (AvgIpc) is 3.13. The van der Waals surface area contributed by atoms with E-state index in [0.29, 0.717) is 17.8 Å². The van der Waals surface area contributed by atoms with Crippen LogP contribution in [0, 0.1) is 5.92 Å². The lowest BCUT2D eigenvalue weighted by molar-refractivity contribution is 0.214. The van der Waals surface area contributed by atoms with Crippen LogP contribution in [-0.4, -0.2) is 44.5 Å². The van der Waals surface area contributed by atoms with Crippen molar-refractivity contribution in [2.75, 3.05) is 25.4 Å². The lowest BCUT2D eigenvalue weighted by Gasteiger charge is -2.15. The van der Waals surface area contributed by atoms with Gasteiger partial charge in [0, 0.05) is 56.5 Å². The van der Waals surface area contributed by atoms with Crippen LogP contribution >= 0.6 is 0 Å². The molecule has 0 aromatic carbocycles. The van der Waals surface area contributed by atoms with Gasteiger partial charge in [0.15, 0.2) is 0 Å². The van der Waals surface area contributed by atoms with Gasteiger partial charge in [-0.05, 0) is 37.1 Å². The fourth-order valence-electron chi connectivity index (χ4n) is 3.33. The number of aliphatic hydroxyl groups is 1. The Hall–Kier alpha value is -1.92. The maximum Gasteiger partial charge on any atom is 0.123 e. The van der Waals surface area contributed by atoms with Crippen LogP contribution in [0.5, 0.6) is 0 Å². The van der Waals surface area contributed by atoms with E-state index in [1.54, 1.807) is 6.20 Å². The van der Waals surface area contributed by atoms with Crippen molar-refractivity contribution in [3.8, 4) is 0 Å². The van der Waals surface area contributed by atoms with E-state index < -0.39 is 0 Å². The highest BCUT2D eigenvalue weighted by atomic mass is 16.3. The number of pyridine rings is 1. The van der Waals surface area contributed by atoms with Crippen molar-refractivity contribution in [3.05, 3.63) is 41.9 Å². The predicted octanol–water partition coefficient (Wildman–Crippen LogP) is 1.65. The fraction of sp³-hybridized carbons (Fsp3) is 0.529. The van der Waals surface area contributed by atoms with E-state index in [-0.39, 0.29) is 12.5 Å². The smallest absolute Gasteiger partial charge is 0.123 e. The van der Waals surface area contributed by atoms with E-state index in [9.17, 15) is 5.11 Å². The number of aromatic nitrogens is 3. The van der Waals surface area contributed by atoms with E-state index in [0.717, 1.165) is 25.2 Å². The summed E-state index contributed by atoms with van der Waals surface area (Å²) in [5, 5.41) is 14.2. The van der Waals surface area contributed by atoms with Crippen molar-refractivity contribution in [2.24, 2.45) is 5.92 Å². The first kappa shape index (κ1) is 16.0. The first-order valence-electron chi connectivity index (χ1n) is 8.14. The molecule has 3 rings (SSSR count). The standard InChI is InChI=1S/C17H25N5O/c1-12(2)22-9-14(6-20-22)16-10-21(8-15(16)11-23)7-13-3-4-19-17(18)5-13/h3-6,9,12,15-16,23H,7-8,10-11H2,1-2H3,(H2,18,19)/t15-,16-/m0/s1. The SMILES string of the molecule is CC(C)n1cc([C@@H]2CN(Cc3ccnc(N)c3)C[C@H]2CO)cn1. The molecular weight excluding hydrogens is 290 g/mol. The second kappa shape index (κ2) is 6.68. The minimum absolute atomic E-state index is 0.201. The van der Waals surface area contributed by atoms with Crippen LogP contribution in [0.3, 0.4) is 0 Å².